The van der Waals surface area contributed by atoms with Crippen LogP contribution in [0.3, 0.4) is 0 Å². The van der Waals surface area contributed by atoms with Crippen molar-refractivity contribution >= 4 is 5.91 Å². The van der Waals surface area contributed by atoms with Crippen molar-refractivity contribution in [2.24, 2.45) is 5.92 Å². The van der Waals surface area contributed by atoms with E-state index in [4.69, 9.17) is 4.74 Å². The van der Waals surface area contributed by atoms with Crippen LogP contribution < -0.4 is 10.2 Å². The average molecular weight is 290 g/mol. The van der Waals surface area contributed by atoms with Crippen molar-refractivity contribution in [1.82, 2.24) is 10.4 Å². The third-order valence-corrected chi connectivity index (χ3v) is 4.06. The molecule has 1 amide bonds. The van der Waals surface area contributed by atoms with E-state index in [-0.39, 0.29) is 11.4 Å². The Morgan fingerprint density at radius 2 is 2.00 bits per heavy atom. The molecule has 0 atom stereocenters. The quantitative estimate of drug-likeness (QED) is 0.846. The Morgan fingerprint density at radius 1 is 1.33 bits per heavy atom. The number of methoxy groups -OCH3 is 1. The number of carbonyl (C=O) groups excluding carboxylic acids is 1. The molecule has 0 radical (unpaired) electrons. The Kier molecular flexibility index (Phi) is 4.88. The molecule has 21 heavy (non-hydrogen) atoms. The predicted octanol–water partition coefficient (Wildman–Crippen LogP) is 3.24. The Balaban J connectivity index is 2.09. The lowest BCUT2D eigenvalue weighted by Crippen LogP contribution is -2.55. The van der Waals surface area contributed by atoms with Gasteiger partial charge in [0, 0.05) is 12.1 Å². The van der Waals surface area contributed by atoms with Crippen LogP contribution >= 0.6 is 0 Å². The molecule has 1 aliphatic rings. The number of hydrogen-bond donors (Lipinski definition) is 1. The molecule has 1 saturated carbocycles. The molecule has 0 heterocycles. The Bertz CT molecular complexity index is 490. The minimum Gasteiger partial charge on any atom is -0.496 e. The van der Waals surface area contributed by atoms with Crippen molar-refractivity contribution in [3.8, 4) is 5.75 Å². The molecule has 1 fully saturated rings. The fourth-order valence-corrected chi connectivity index (χ4v) is 2.44. The molecule has 4 nitrogen and oxygen atoms in total. The fraction of sp³-hybridized carbons (Fsp3) is 0.588. The van der Waals surface area contributed by atoms with E-state index in [0.29, 0.717) is 17.2 Å². The van der Waals surface area contributed by atoms with Gasteiger partial charge in [-0.2, -0.15) is 0 Å². The minimum atomic E-state index is -0.110. The maximum Gasteiger partial charge on any atom is 0.269 e. The molecule has 1 N–H and O–H groups in total. The zero-order valence-corrected chi connectivity index (χ0v) is 13.5. The fourth-order valence-electron chi connectivity index (χ4n) is 2.44. The van der Waals surface area contributed by atoms with Gasteiger partial charge in [-0.1, -0.05) is 18.6 Å². The van der Waals surface area contributed by atoms with Gasteiger partial charge < -0.3 is 4.74 Å². The molecule has 1 aliphatic carbocycles. The van der Waals surface area contributed by atoms with E-state index in [1.807, 2.05) is 18.2 Å². The molecular formula is C17H26N2O2. The van der Waals surface area contributed by atoms with Gasteiger partial charge in [0.05, 0.1) is 12.7 Å². The maximum atomic E-state index is 12.5. The molecule has 0 bridgehead atoms. The van der Waals surface area contributed by atoms with Gasteiger partial charge >= 0.3 is 0 Å². The summed E-state index contributed by atoms with van der Waals surface area (Å²) in [5.41, 5.74) is 3.53. The topological polar surface area (TPSA) is 41.6 Å². The summed E-state index contributed by atoms with van der Waals surface area (Å²) in [5.74, 6) is 1.19. The predicted molar refractivity (Wildman–Crippen MR) is 84.3 cm³/mol. The third-order valence-electron chi connectivity index (χ3n) is 4.06. The van der Waals surface area contributed by atoms with E-state index < -0.39 is 0 Å². The highest BCUT2D eigenvalue weighted by Gasteiger charge is 2.29. The summed E-state index contributed by atoms with van der Waals surface area (Å²) in [7, 11) is 1.59. The lowest BCUT2D eigenvalue weighted by molar-refractivity contribution is 0.0314. The lowest BCUT2D eigenvalue weighted by Gasteiger charge is -2.40. The van der Waals surface area contributed by atoms with Gasteiger partial charge in [-0.25, -0.2) is 5.01 Å². The summed E-state index contributed by atoms with van der Waals surface area (Å²) in [6, 6.07) is 7.32. The van der Waals surface area contributed by atoms with Crippen LogP contribution in [-0.4, -0.2) is 30.1 Å². The molecule has 1 aromatic carbocycles. The number of amides is 1. The second kappa shape index (κ2) is 6.48. The first-order valence-corrected chi connectivity index (χ1v) is 7.63. The number of nitrogens with one attached hydrogen (secondary N) is 1. The maximum absolute atomic E-state index is 12.5. The van der Waals surface area contributed by atoms with Gasteiger partial charge in [-0.3, -0.25) is 10.2 Å². The average Bonchev–Trinajstić information content (AvgIpc) is 2.39. The van der Waals surface area contributed by atoms with E-state index >= 15 is 0 Å². The number of ether oxygens (including phenoxy) is 1. The van der Waals surface area contributed by atoms with Crippen molar-refractivity contribution in [1.29, 1.82) is 0 Å². The molecule has 0 spiro atoms. The van der Waals surface area contributed by atoms with Crippen LogP contribution in [-0.2, 0) is 0 Å². The van der Waals surface area contributed by atoms with Crippen LogP contribution in [0, 0.1) is 5.92 Å². The van der Waals surface area contributed by atoms with Crippen molar-refractivity contribution in [2.45, 2.75) is 45.6 Å². The van der Waals surface area contributed by atoms with E-state index in [2.05, 4.69) is 31.2 Å². The number of carbonyl (C=O) groups is 1. The molecule has 0 aromatic heterocycles. The number of nitrogens with zero attached hydrogens (tertiary/aromatic N) is 1. The largest absolute Gasteiger partial charge is 0.496 e. The molecular weight excluding hydrogens is 264 g/mol. The zero-order valence-electron chi connectivity index (χ0n) is 13.5. The van der Waals surface area contributed by atoms with Gasteiger partial charge in [0.15, 0.2) is 0 Å². The first kappa shape index (κ1) is 15.8. The molecule has 1 aromatic rings. The van der Waals surface area contributed by atoms with Crippen LogP contribution in [0.5, 0.6) is 5.75 Å². The van der Waals surface area contributed by atoms with Crippen LogP contribution in [0.2, 0.25) is 0 Å². The van der Waals surface area contributed by atoms with E-state index in [1.54, 1.807) is 13.2 Å². The van der Waals surface area contributed by atoms with Crippen molar-refractivity contribution in [2.75, 3.05) is 13.7 Å². The number of rotatable bonds is 5. The summed E-state index contributed by atoms with van der Waals surface area (Å²) >= 11 is 0. The van der Waals surface area contributed by atoms with Crippen LogP contribution in [0.15, 0.2) is 24.3 Å². The van der Waals surface area contributed by atoms with Gasteiger partial charge in [0.25, 0.3) is 5.91 Å². The number of hydrogen-bond acceptors (Lipinski definition) is 3. The zero-order chi connectivity index (χ0) is 15.5. The summed E-state index contributed by atoms with van der Waals surface area (Å²) in [6.07, 6.45) is 3.83. The third kappa shape index (κ3) is 3.97. The summed E-state index contributed by atoms with van der Waals surface area (Å²) < 4.78 is 5.27. The first-order chi connectivity index (χ1) is 9.91. The summed E-state index contributed by atoms with van der Waals surface area (Å²) in [4.78, 5) is 12.5. The summed E-state index contributed by atoms with van der Waals surface area (Å²) in [5, 5.41) is 2.06. The molecule has 0 saturated heterocycles. The number of benzene rings is 1. The molecule has 116 valence electrons. The van der Waals surface area contributed by atoms with Gasteiger partial charge in [0.2, 0.25) is 0 Å². The van der Waals surface area contributed by atoms with Crippen molar-refractivity contribution in [3.05, 3.63) is 29.8 Å². The highest BCUT2D eigenvalue weighted by Crippen LogP contribution is 2.29. The molecule has 4 heteroatoms. The van der Waals surface area contributed by atoms with Crippen LogP contribution in [0.25, 0.3) is 0 Å². The van der Waals surface area contributed by atoms with Crippen molar-refractivity contribution in [3.63, 3.8) is 0 Å². The highest BCUT2D eigenvalue weighted by molar-refractivity contribution is 5.96. The summed E-state index contributed by atoms with van der Waals surface area (Å²) in [6.45, 7) is 7.26. The lowest BCUT2D eigenvalue weighted by atomic mass is 9.84. The van der Waals surface area contributed by atoms with E-state index in [0.717, 1.165) is 6.54 Å². The standard InChI is InChI=1S/C17H26N2O2/c1-17(2,3)19(12-13-8-7-9-13)18-16(20)14-10-5-6-11-15(14)21-4/h5-6,10-11,13H,7-9,12H2,1-4H3,(H,18,20). The SMILES string of the molecule is COc1ccccc1C(=O)NN(CC1CCC1)C(C)(C)C. The molecule has 0 aliphatic heterocycles. The Labute approximate surface area is 127 Å². The highest BCUT2D eigenvalue weighted by atomic mass is 16.5. The smallest absolute Gasteiger partial charge is 0.269 e. The van der Waals surface area contributed by atoms with Crippen molar-refractivity contribution < 1.29 is 9.53 Å². The number of hydrazine groups is 1. The van der Waals surface area contributed by atoms with Crippen LogP contribution in [0.1, 0.15) is 50.4 Å². The minimum absolute atomic E-state index is 0.104. The van der Waals surface area contributed by atoms with E-state index in [9.17, 15) is 4.79 Å². The second-order valence-electron chi connectivity index (χ2n) is 6.72. The second-order valence-corrected chi connectivity index (χ2v) is 6.72. The van der Waals surface area contributed by atoms with Gasteiger partial charge in [-0.15, -0.1) is 0 Å². The van der Waals surface area contributed by atoms with Gasteiger partial charge in [0.1, 0.15) is 5.75 Å². The monoisotopic (exact) mass is 290 g/mol. The Hall–Kier alpha value is -1.55. The van der Waals surface area contributed by atoms with Gasteiger partial charge in [-0.05, 0) is 51.7 Å². The van der Waals surface area contributed by atoms with E-state index in [1.165, 1.54) is 19.3 Å². The first-order valence-electron chi connectivity index (χ1n) is 7.63. The van der Waals surface area contributed by atoms with Crippen LogP contribution in [0.4, 0.5) is 0 Å². The molecule has 2 rings (SSSR count). The normalized spacial score (nSPS) is 15.7. The number of para-hydroxylation sites is 1. The molecule has 0 unspecified atom stereocenters. The Morgan fingerprint density at radius 3 is 2.52 bits per heavy atom.